The summed E-state index contributed by atoms with van der Waals surface area (Å²) in [7, 11) is 2.68. The van der Waals surface area contributed by atoms with Gasteiger partial charge in [0.15, 0.2) is 29.0 Å². The van der Waals surface area contributed by atoms with E-state index >= 15 is 0 Å². The van der Waals surface area contributed by atoms with Crippen LogP contribution in [0.15, 0.2) is 46.0 Å². The molecular weight excluding hydrogens is 766 g/mol. The number of Topliss-reactive ketones (excluding diaryl/α,β-unsaturated/α-hetero) is 5. The Morgan fingerprint density at radius 3 is 1.47 bits per heavy atom. The summed E-state index contributed by atoms with van der Waals surface area (Å²) in [6, 6.07) is 6.93. The molecule has 312 valence electrons. The van der Waals surface area contributed by atoms with E-state index in [0.29, 0.717) is 54.9 Å². The highest BCUT2D eigenvalue weighted by Crippen LogP contribution is 2.23. The zero-order valence-corrected chi connectivity index (χ0v) is 31.8. The van der Waals surface area contributed by atoms with Gasteiger partial charge in [0.25, 0.3) is 0 Å². The first-order valence-corrected chi connectivity index (χ1v) is 18.0. The molecule has 0 radical (unpaired) electrons. The fourth-order valence-corrected chi connectivity index (χ4v) is 6.22. The number of benzene rings is 2. The maximum absolute atomic E-state index is 14.1. The van der Waals surface area contributed by atoms with Crippen molar-refractivity contribution in [2.24, 2.45) is 5.92 Å². The van der Waals surface area contributed by atoms with Gasteiger partial charge >= 0.3 is 17.3 Å². The molecule has 0 amide bonds. The number of carboxylic acid groups (broad SMARTS) is 1. The first-order chi connectivity index (χ1) is 27.1. The van der Waals surface area contributed by atoms with Gasteiger partial charge in [-0.15, -0.1) is 9.46 Å². The molecule has 0 spiro atoms. The summed E-state index contributed by atoms with van der Waals surface area (Å²) in [5, 5.41) is 17.1. The van der Waals surface area contributed by atoms with Crippen LogP contribution in [0.4, 0.5) is 8.78 Å². The lowest BCUT2D eigenvalue weighted by molar-refractivity contribution is -0.133. The van der Waals surface area contributed by atoms with E-state index in [1.807, 2.05) is 6.92 Å². The van der Waals surface area contributed by atoms with Crippen LogP contribution in [0.1, 0.15) is 110 Å². The highest BCUT2D eigenvalue weighted by molar-refractivity contribution is 6.25. The van der Waals surface area contributed by atoms with Gasteiger partial charge in [0.2, 0.25) is 0 Å². The van der Waals surface area contributed by atoms with Gasteiger partial charge in [-0.1, -0.05) is 21.3 Å². The Labute approximate surface area is 331 Å². The van der Waals surface area contributed by atoms with Crippen LogP contribution < -0.4 is 21.1 Å². The average Bonchev–Trinajstić information content (AvgIpc) is 3.64. The Morgan fingerprint density at radius 2 is 1.10 bits per heavy atom. The fraction of sp³-hybridized carbons (Fsp3) is 0.436. The number of aromatic nitrogens is 6. The van der Waals surface area contributed by atoms with E-state index in [-0.39, 0.29) is 62.5 Å². The van der Waals surface area contributed by atoms with Crippen molar-refractivity contribution in [3.8, 4) is 0 Å². The Balaban J connectivity index is 0.000000263. The van der Waals surface area contributed by atoms with Crippen LogP contribution in [-0.2, 0) is 45.1 Å². The Kier molecular flexibility index (Phi) is 16.4. The summed E-state index contributed by atoms with van der Waals surface area (Å²) in [5.41, 5.74) is -0.648. The molecule has 0 saturated heterocycles. The molecule has 2 aromatic carbocycles. The van der Waals surface area contributed by atoms with Gasteiger partial charge in [0.05, 0.1) is 25.1 Å². The second kappa shape index (κ2) is 20.7. The van der Waals surface area contributed by atoms with Crippen LogP contribution in [0.5, 0.6) is 0 Å². The zero-order valence-electron chi connectivity index (χ0n) is 31.8. The van der Waals surface area contributed by atoms with Crippen molar-refractivity contribution in [3.05, 3.63) is 103 Å². The van der Waals surface area contributed by atoms with E-state index in [1.165, 1.54) is 32.4 Å². The largest absolute Gasteiger partial charge is 0.478 e. The predicted molar refractivity (Wildman–Crippen MR) is 202 cm³/mol. The van der Waals surface area contributed by atoms with Crippen molar-refractivity contribution >= 4 is 34.9 Å². The number of carbonyl (C=O) groups excluding carboxylic acids is 5. The molecule has 2 fully saturated rings. The molecular formula is C39H46F2N6O11. The van der Waals surface area contributed by atoms with Crippen LogP contribution >= 0.6 is 0 Å². The summed E-state index contributed by atoms with van der Waals surface area (Å²) in [5.74, 6) is -4.51. The van der Waals surface area contributed by atoms with Crippen molar-refractivity contribution in [3.63, 3.8) is 0 Å². The van der Waals surface area contributed by atoms with Crippen molar-refractivity contribution in [2.45, 2.75) is 92.2 Å². The normalized spacial score (nSPS) is 14.1. The number of nitrogens with zero attached hydrogens (tertiary/aromatic N) is 6. The Morgan fingerprint density at radius 1 is 0.690 bits per heavy atom. The Hall–Kier alpha value is -6.40. The maximum atomic E-state index is 14.1. The third-order valence-electron chi connectivity index (χ3n) is 8.90. The molecule has 2 aliphatic carbocycles. The maximum Gasteiger partial charge on any atom is 0.379 e. The molecule has 2 saturated carbocycles. The van der Waals surface area contributed by atoms with Crippen LogP contribution in [0, 0.1) is 17.6 Å². The molecule has 2 aromatic heterocycles. The molecule has 17 nitrogen and oxygen atoms in total. The van der Waals surface area contributed by atoms with Gasteiger partial charge in [0, 0.05) is 44.1 Å². The first kappa shape index (κ1) is 46.0. The standard InChI is InChI=1S/C19H20FN3O5.C13H14FN3O4.C6H8O2.CH4/c1-3-16-21-22(19(27)23(16)28-2)10-11-7-12(9-13(20)8-11)18(26)17-14(24)5-4-6-15(17)25;1-3-11-15-16(13(20)17(11)21-2)7-8-4-9(12(18)19)6-10(14)5-8;7-5-2-1-3-6(8)4-5;/h7-9,17H,3-6,10H2,1-2H3;4-6H,3,7H2,1-2H3,(H,18,19);1-4H2;1H4. The van der Waals surface area contributed by atoms with Crippen LogP contribution in [0.25, 0.3) is 0 Å². The van der Waals surface area contributed by atoms with Crippen LogP contribution in [0.2, 0.25) is 0 Å². The number of carbonyl (C=O) groups is 6. The third-order valence-corrected chi connectivity index (χ3v) is 8.90. The number of carboxylic acids is 1. The average molecular weight is 813 g/mol. The molecule has 4 aromatic rings. The van der Waals surface area contributed by atoms with Gasteiger partial charge in [-0.2, -0.15) is 10.2 Å². The fourth-order valence-electron chi connectivity index (χ4n) is 6.22. The summed E-state index contributed by atoms with van der Waals surface area (Å²) in [4.78, 5) is 103. The molecule has 58 heavy (non-hydrogen) atoms. The van der Waals surface area contributed by atoms with Gasteiger partial charge in [-0.25, -0.2) is 32.5 Å². The van der Waals surface area contributed by atoms with Gasteiger partial charge in [0.1, 0.15) is 43.3 Å². The highest BCUT2D eigenvalue weighted by atomic mass is 19.1. The number of aromatic carboxylic acids is 1. The van der Waals surface area contributed by atoms with Crippen molar-refractivity contribution in [1.29, 1.82) is 0 Å². The summed E-state index contributed by atoms with van der Waals surface area (Å²) in [6.45, 7) is 3.48. The Bertz CT molecular complexity index is 2280. The molecule has 1 N–H and O–H groups in total. The lowest BCUT2D eigenvalue weighted by Gasteiger charge is -2.18. The van der Waals surface area contributed by atoms with Crippen molar-refractivity contribution in [2.75, 3.05) is 14.2 Å². The van der Waals surface area contributed by atoms with Crippen LogP contribution in [0.3, 0.4) is 0 Å². The zero-order chi connectivity index (χ0) is 42.0. The van der Waals surface area contributed by atoms with Gasteiger partial charge in [-0.3, -0.25) is 24.0 Å². The first-order valence-electron chi connectivity index (χ1n) is 18.0. The number of rotatable bonds is 11. The predicted octanol–water partition coefficient (Wildman–Crippen LogP) is 2.86. The SMILES string of the molecule is C.CCc1nn(Cc2cc(F)cc(C(=O)C3C(=O)CCCC3=O)c2)c(=O)n1OC.CCc1nn(Cc2cc(F)cc(C(=O)O)c2)c(=O)n1OC.O=C1CCCC(=O)C1. The smallest absolute Gasteiger partial charge is 0.379 e. The third kappa shape index (κ3) is 11.3. The van der Waals surface area contributed by atoms with Crippen LogP contribution in [-0.4, -0.2) is 83.2 Å². The lowest BCUT2D eigenvalue weighted by atomic mass is 9.81. The van der Waals surface area contributed by atoms with E-state index in [9.17, 15) is 47.1 Å². The summed E-state index contributed by atoms with van der Waals surface area (Å²) in [6.07, 6.45) is 3.90. The minimum atomic E-state index is -1.37. The molecule has 6 rings (SSSR count). The van der Waals surface area contributed by atoms with Crippen molar-refractivity contribution < 1.29 is 52.3 Å². The molecule has 0 atom stereocenters. The topological polar surface area (TPSA) is 221 Å². The van der Waals surface area contributed by atoms with E-state index in [2.05, 4.69) is 10.2 Å². The molecule has 0 unspecified atom stereocenters. The molecule has 0 bridgehead atoms. The van der Waals surface area contributed by atoms with E-state index in [1.54, 1.807) is 6.92 Å². The molecule has 19 heteroatoms. The molecule has 2 heterocycles. The van der Waals surface area contributed by atoms with Gasteiger partial charge < -0.3 is 14.8 Å². The second-order valence-electron chi connectivity index (χ2n) is 13.1. The number of hydrogen-bond donors (Lipinski definition) is 1. The number of hydrogen-bond acceptors (Lipinski definition) is 12. The lowest BCUT2D eigenvalue weighted by Crippen LogP contribution is -2.35. The number of ketones is 5. The van der Waals surface area contributed by atoms with E-state index in [0.717, 1.165) is 43.4 Å². The number of aryl methyl sites for hydroxylation is 2. The van der Waals surface area contributed by atoms with Gasteiger partial charge in [-0.05, 0) is 60.4 Å². The minimum absolute atomic E-state index is 0. The molecule has 2 aliphatic rings. The quantitative estimate of drug-likeness (QED) is 0.170. The molecule has 0 aliphatic heterocycles. The van der Waals surface area contributed by atoms with E-state index < -0.39 is 52.3 Å². The van der Waals surface area contributed by atoms with Crippen molar-refractivity contribution in [1.82, 2.24) is 29.0 Å². The monoisotopic (exact) mass is 812 g/mol. The van der Waals surface area contributed by atoms with E-state index in [4.69, 9.17) is 14.8 Å². The second-order valence-corrected chi connectivity index (χ2v) is 13.1. The number of halogens is 2. The minimum Gasteiger partial charge on any atom is -0.478 e. The highest BCUT2D eigenvalue weighted by Gasteiger charge is 2.36. The summed E-state index contributed by atoms with van der Waals surface area (Å²) < 4.78 is 31.8. The summed E-state index contributed by atoms with van der Waals surface area (Å²) >= 11 is 0.